The normalized spacial score (nSPS) is 13.0. The topological polar surface area (TPSA) is 86.8 Å². The number of rotatable bonds is 13. The van der Waals surface area contributed by atoms with Gasteiger partial charge in [0.1, 0.15) is 12.6 Å². The van der Waals surface area contributed by atoms with Gasteiger partial charge in [-0.3, -0.25) is 13.9 Å². The predicted molar refractivity (Wildman–Crippen MR) is 184 cm³/mol. The average molecular weight is 765 g/mol. The fourth-order valence-electron chi connectivity index (χ4n) is 4.89. The molecule has 0 radical (unpaired) electrons. The molecule has 0 spiro atoms. The van der Waals surface area contributed by atoms with Crippen molar-refractivity contribution in [1.29, 1.82) is 0 Å². The number of benzene rings is 4. The molecule has 0 unspecified atom stereocenters. The van der Waals surface area contributed by atoms with E-state index in [2.05, 4.69) is 21.2 Å². The van der Waals surface area contributed by atoms with E-state index in [0.29, 0.717) is 22.4 Å². The summed E-state index contributed by atoms with van der Waals surface area (Å²) in [5, 5.41) is 2.62. The van der Waals surface area contributed by atoms with Crippen molar-refractivity contribution in [1.82, 2.24) is 10.2 Å². The first-order valence-electron chi connectivity index (χ1n) is 15.0. The average Bonchev–Trinajstić information content (AvgIpc) is 3.06. The van der Waals surface area contributed by atoms with Crippen LogP contribution in [-0.4, -0.2) is 43.8 Å². The molecule has 13 heteroatoms. The van der Waals surface area contributed by atoms with Crippen molar-refractivity contribution in [2.45, 2.75) is 56.4 Å². The Morgan fingerprint density at radius 1 is 0.896 bits per heavy atom. The molecule has 254 valence electrons. The third-order valence-electron chi connectivity index (χ3n) is 7.69. The second-order valence-electron chi connectivity index (χ2n) is 11.2. The molecule has 1 N–H and O–H groups in total. The summed E-state index contributed by atoms with van der Waals surface area (Å²) in [7, 11) is -4.65. The van der Waals surface area contributed by atoms with E-state index in [9.17, 15) is 31.2 Å². The van der Waals surface area contributed by atoms with Crippen LogP contribution in [0.4, 0.5) is 18.9 Å². The maximum atomic E-state index is 14.5. The summed E-state index contributed by atoms with van der Waals surface area (Å²) in [6.07, 6.45) is -4.13. The molecule has 4 rings (SSSR count). The molecule has 0 aliphatic carbocycles. The van der Waals surface area contributed by atoms with Crippen molar-refractivity contribution < 1.29 is 31.2 Å². The first kappa shape index (κ1) is 37.0. The van der Waals surface area contributed by atoms with Gasteiger partial charge in [-0.15, -0.1) is 0 Å². The van der Waals surface area contributed by atoms with Crippen molar-refractivity contribution in [3.05, 3.63) is 129 Å². The smallest absolute Gasteiger partial charge is 0.352 e. The lowest BCUT2D eigenvalue weighted by molar-refractivity contribution is -0.140. The highest BCUT2D eigenvalue weighted by molar-refractivity contribution is 9.10. The molecule has 4 aromatic rings. The van der Waals surface area contributed by atoms with Gasteiger partial charge in [0, 0.05) is 23.5 Å². The summed E-state index contributed by atoms with van der Waals surface area (Å²) in [6, 6.07) is 24.0. The molecule has 0 aliphatic heterocycles. The third kappa shape index (κ3) is 9.39. The van der Waals surface area contributed by atoms with E-state index < -0.39 is 51.9 Å². The largest absolute Gasteiger partial charge is 0.416 e. The van der Waals surface area contributed by atoms with Crippen LogP contribution in [0.25, 0.3) is 0 Å². The molecule has 0 heterocycles. The zero-order chi connectivity index (χ0) is 35.1. The molecule has 2 atom stereocenters. The number of anilines is 1. The molecule has 0 saturated heterocycles. The fourth-order valence-corrected chi connectivity index (χ4v) is 6.87. The summed E-state index contributed by atoms with van der Waals surface area (Å²) >= 11 is 9.76. The highest BCUT2D eigenvalue weighted by Gasteiger charge is 2.37. The molecule has 48 heavy (non-hydrogen) atoms. The van der Waals surface area contributed by atoms with E-state index in [1.165, 1.54) is 29.2 Å². The summed E-state index contributed by atoms with van der Waals surface area (Å²) in [5.74, 6) is -1.29. The van der Waals surface area contributed by atoms with Gasteiger partial charge in [-0.1, -0.05) is 95.1 Å². The van der Waals surface area contributed by atoms with Gasteiger partial charge in [-0.05, 0) is 66.9 Å². The number of nitrogens with zero attached hydrogens (tertiary/aromatic N) is 2. The molecule has 0 saturated carbocycles. The molecule has 7 nitrogen and oxygen atoms in total. The maximum absolute atomic E-state index is 14.5. The van der Waals surface area contributed by atoms with Crippen molar-refractivity contribution >= 4 is 55.1 Å². The van der Waals surface area contributed by atoms with Gasteiger partial charge in [0.05, 0.1) is 21.2 Å². The fraction of sp³-hybridized carbons (Fsp3) is 0.257. The van der Waals surface area contributed by atoms with Crippen molar-refractivity contribution in [3.8, 4) is 0 Å². The number of carbonyl (C=O) groups excluding carboxylic acids is 2. The Morgan fingerprint density at radius 2 is 1.50 bits per heavy atom. The van der Waals surface area contributed by atoms with E-state index >= 15 is 0 Å². The third-order valence-corrected chi connectivity index (χ3v) is 10.3. The first-order valence-corrected chi connectivity index (χ1v) is 17.6. The lowest BCUT2D eigenvalue weighted by Gasteiger charge is -2.34. The van der Waals surface area contributed by atoms with Gasteiger partial charge >= 0.3 is 6.18 Å². The quantitative estimate of drug-likeness (QED) is 0.150. The van der Waals surface area contributed by atoms with Crippen LogP contribution in [0.15, 0.2) is 112 Å². The molecule has 0 fully saturated rings. The molecule has 0 bridgehead atoms. The Bertz CT molecular complexity index is 1810. The van der Waals surface area contributed by atoms with E-state index in [1.54, 1.807) is 54.6 Å². The first-order chi connectivity index (χ1) is 22.7. The molecular formula is C35H34BrClF3N3O4S. The van der Waals surface area contributed by atoms with Crippen LogP contribution in [-0.2, 0) is 38.8 Å². The highest BCUT2D eigenvalue weighted by atomic mass is 79.9. The lowest BCUT2D eigenvalue weighted by Crippen LogP contribution is -2.54. The zero-order valence-corrected chi connectivity index (χ0v) is 29.3. The van der Waals surface area contributed by atoms with Gasteiger partial charge in [-0.2, -0.15) is 13.2 Å². The standard InChI is InChI=1S/C35H34BrClF3N3O4S/c1-3-24(2)41-34(45)32(20-25-10-6-4-7-11-25)42(22-26-14-17-28(36)18-15-26)33(44)23-43(48(46,47)29-12-8-5-9-13-29)31-21-27(35(38,39)40)16-19-30(31)37/h4-19,21,24,32H,3,20,22-23H2,1-2H3,(H,41,45)/t24-,32-/m1/s1. The number of nitrogens with one attached hydrogen (secondary N) is 1. The Morgan fingerprint density at radius 3 is 2.08 bits per heavy atom. The molecule has 0 aliphatic rings. The van der Waals surface area contributed by atoms with Crippen molar-refractivity contribution in [3.63, 3.8) is 0 Å². The van der Waals surface area contributed by atoms with Gasteiger partial charge < -0.3 is 10.2 Å². The second-order valence-corrected chi connectivity index (χ2v) is 14.3. The number of halogens is 5. The summed E-state index contributed by atoms with van der Waals surface area (Å²) in [4.78, 5) is 29.4. The van der Waals surface area contributed by atoms with Crippen LogP contribution in [0.5, 0.6) is 0 Å². The predicted octanol–water partition coefficient (Wildman–Crippen LogP) is 7.87. The number of hydrogen-bond acceptors (Lipinski definition) is 4. The van der Waals surface area contributed by atoms with E-state index in [0.717, 1.165) is 22.2 Å². The number of sulfonamides is 1. The summed E-state index contributed by atoms with van der Waals surface area (Å²) in [5.41, 5.74) is -0.305. The number of alkyl halides is 3. The summed E-state index contributed by atoms with van der Waals surface area (Å²) in [6.45, 7) is 2.67. The maximum Gasteiger partial charge on any atom is 0.416 e. The van der Waals surface area contributed by atoms with Gasteiger partial charge in [0.15, 0.2) is 0 Å². The van der Waals surface area contributed by atoms with Gasteiger partial charge in [0.2, 0.25) is 11.8 Å². The Hall–Kier alpha value is -3.87. The Labute approximate surface area is 291 Å². The molecule has 2 amide bonds. The number of hydrogen-bond donors (Lipinski definition) is 1. The minimum Gasteiger partial charge on any atom is -0.352 e. The van der Waals surface area contributed by atoms with Crippen LogP contribution in [0, 0.1) is 0 Å². The Balaban J connectivity index is 1.87. The van der Waals surface area contributed by atoms with E-state index in [-0.39, 0.29) is 28.9 Å². The SMILES string of the molecule is CC[C@@H](C)NC(=O)[C@@H](Cc1ccccc1)N(Cc1ccc(Br)cc1)C(=O)CN(c1cc(C(F)(F)F)ccc1Cl)S(=O)(=O)c1ccccc1. The van der Waals surface area contributed by atoms with E-state index in [1.807, 2.05) is 19.9 Å². The minimum atomic E-state index is -4.83. The monoisotopic (exact) mass is 763 g/mol. The van der Waals surface area contributed by atoms with Crippen LogP contribution in [0.2, 0.25) is 5.02 Å². The van der Waals surface area contributed by atoms with Crippen molar-refractivity contribution in [2.75, 3.05) is 10.8 Å². The number of carbonyl (C=O) groups is 2. The van der Waals surface area contributed by atoms with Crippen molar-refractivity contribution in [2.24, 2.45) is 0 Å². The van der Waals surface area contributed by atoms with Crippen LogP contribution < -0.4 is 9.62 Å². The van der Waals surface area contributed by atoms with E-state index in [4.69, 9.17) is 11.6 Å². The van der Waals surface area contributed by atoms with Gasteiger partial charge in [-0.25, -0.2) is 8.42 Å². The van der Waals surface area contributed by atoms with Crippen LogP contribution in [0.3, 0.4) is 0 Å². The second kappa shape index (κ2) is 16.0. The molecule has 0 aromatic heterocycles. The minimum absolute atomic E-state index is 0.0845. The summed E-state index contributed by atoms with van der Waals surface area (Å²) < 4.78 is 71.1. The zero-order valence-electron chi connectivity index (χ0n) is 26.1. The number of amides is 2. The molecule has 4 aromatic carbocycles. The highest BCUT2D eigenvalue weighted by Crippen LogP contribution is 2.37. The Kier molecular flexibility index (Phi) is 12.3. The van der Waals surface area contributed by atoms with Crippen LogP contribution >= 0.6 is 27.5 Å². The molecular weight excluding hydrogens is 731 g/mol. The van der Waals surface area contributed by atoms with Crippen LogP contribution in [0.1, 0.15) is 37.0 Å². The lowest BCUT2D eigenvalue weighted by atomic mass is 10.0. The van der Waals surface area contributed by atoms with Gasteiger partial charge in [0.25, 0.3) is 10.0 Å².